The second-order valence-corrected chi connectivity index (χ2v) is 6.39. The van der Waals surface area contributed by atoms with Crippen molar-refractivity contribution in [3.63, 3.8) is 0 Å². The van der Waals surface area contributed by atoms with Crippen LogP contribution < -0.4 is 5.32 Å². The van der Waals surface area contributed by atoms with Crippen LogP contribution in [0.1, 0.15) is 44.9 Å². The Labute approximate surface area is 129 Å². The molecule has 1 aromatic rings. The predicted octanol–water partition coefficient (Wildman–Crippen LogP) is 4.52. The van der Waals surface area contributed by atoms with E-state index in [4.69, 9.17) is 4.74 Å². The van der Waals surface area contributed by atoms with E-state index >= 15 is 0 Å². The van der Waals surface area contributed by atoms with Crippen molar-refractivity contribution in [2.45, 2.75) is 50.5 Å². The Kier molecular flexibility index (Phi) is 5.46. The minimum absolute atomic E-state index is 0.137. The molecular weight excluding hydrogens is 318 g/mol. The Morgan fingerprint density at radius 2 is 1.65 bits per heavy atom. The van der Waals surface area contributed by atoms with Gasteiger partial charge in [-0.3, -0.25) is 0 Å². The molecule has 1 aromatic carbocycles. The summed E-state index contributed by atoms with van der Waals surface area (Å²) in [4.78, 5) is 12.3. The molecule has 4 heteroatoms. The molecule has 3 nitrogen and oxygen atoms in total. The maximum atomic E-state index is 12.3. The van der Waals surface area contributed by atoms with Crippen LogP contribution in [0.2, 0.25) is 0 Å². The Balaban J connectivity index is 2.20. The molecule has 0 radical (unpaired) electrons. The minimum Gasteiger partial charge on any atom is -0.467 e. The van der Waals surface area contributed by atoms with Gasteiger partial charge in [0.05, 0.1) is 7.11 Å². The Hall–Kier alpha value is -1.03. The smallest absolute Gasteiger partial charge is 0.331 e. The molecule has 2 rings (SSSR count). The van der Waals surface area contributed by atoms with E-state index in [1.54, 1.807) is 0 Å². The SMILES string of the molecule is COC(=O)C1(Nc2ccc(Br)cc2)CCCCCCC1. The van der Waals surface area contributed by atoms with Gasteiger partial charge in [-0.25, -0.2) is 4.79 Å². The molecule has 0 spiro atoms. The minimum atomic E-state index is -0.566. The summed E-state index contributed by atoms with van der Waals surface area (Å²) in [6, 6.07) is 7.95. The number of carbonyl (C=O) groups is 1. The number of hydrogen-bond acceptors (Lipinski definition) is 3. The highest BCUT2D eigenvalue weighted by Crippen LogP contribution is 2.31. The van der Waals surface area contributed by atoms with Gasteiger partial charge in [-0.15, -0.1) is 0 Å². The summed E-state index contributed by atoms with van der Waals surface area (Å²) in [7, 11) is 1.48. The number of nitrogens with one attached hydrogen (secondary N) is 1. The molecule has 0 atom stereocenters. The van der Waals surface area contributed by atoms with Gasteiger partial charge in [0, 0.05) is 10.2 Å². The summed E-state index contributed by atoms with van der Waals surface area (Å²) in [6.07, 6.45) is 7.49. The molecule has 0 bridgehead atoms. The van der Waals surface area contributed by atoms with Crippen LogP contribution >= 0.6 is 15.9 Å². The van der Waals surface area contributed by atoms with Crippen molar-refractivity contribution in [1.29, 1.82) is 0 Å². The Morgan fingerprint density at radius 1 is 1.10 bits per heavy atom. The van der Waals surface area contributed by atoms with Crippen molar-refractivity contribution >= 4 is 27.6 Å². The van der Waals surface area contributed by atoms with Gasteiger partial charge in [0.2, 0.25) is 0 Å². The number of halogens is 1. The van der Waals surface area contributed by atoms with Crippen molar-refractivity contribution in [1.82, 2.24) is 0 Å². The van der Waals surface area contributed by atoms with E-state index in [0.29, 0.717) is 0 Å². The molecule has 1 aliphatic rings. The predicted molar refractivity (Wildman–Crippen MR) is 84.8 cm³/mol. The van der Waals surface area contributed by atoms with Crippen molar-refractivity contribution in [3.05, 3.63) is 28.7 Å². The van der Waals surface area contributed by atoms with Crippen molar-refractivity contribution in [3.8, 4) is 0 Å². The molecule has 0 aliphatic heterocycles. The fourth-order valence-electron chi connectivity index (χ4n) is 2.89. The topological polar surface area (TPSA) is 38.3 Å². The van der Waals surface area contributed by atoms with Crippen LogP contribution in [0.4, 0.5) is 5.69 Å². The van der Waals surface area contributed by atoms with Gasteiger partial charge in [0.15, 0.2) is 0 Å². The Morgan fingerprint density at radius 3 is 2.20 bits per heavy atom. The van der Waals surface area contributed by atoms with E-state index in [-0.39, 0.29) is 5.97 Å². The van der Waals surface area contributed by atoms with Crippen molar-refractivity contribution in [2.24, 2.45) is 0 Å². The van der Waals surface area contributed by atoms with Gasteiger partial charge in [-0.1, -0.05) is 48.0 Å². The summed E-state index contributed by atoms with van der Waals surface area (Å²) in [6.45, 7) is 0. The standard InChI is InChI=1S/C16H22BrNO2/c1-20-15(19)16(11-5-3-2-4-6-12-16)18-14-9-7-13(17)8-10-14/h7-10,18H,2-6,11-12H2,1H3. The van der Waals surface area contributed by atoms with Crippen LogP contribution in [0.15, 0.2) is 28.7 Å². The molecule has 0 amide bonds. The number of hydrogen-bond donors (Lipinski definition) is 1. The highest BCUT2D eigenvalue weighted by atomic mass is 79.9. The summed E-state index contributed by atoms with van der Waals surface area (Å²) < 4.78 is 6.11. The van der Waals surface area contributed by atoms with Crippen LogP contribution in [-0.2, 0) is 9.53 Å². The lowest BCUT2D eigenvalue weighted by Gasteiger charge is -2.34. The van der Waals surface area contributed by atoms with Crippen LogP contribution in [0, 0.1) is 0 Å². The highest BCUT2D eigenvalue weighted by molar-refractivity contribution is 9.10. The van der Waals surface area contributed by atoms with Gasteiger partial charge in [-0.05, 0) is 37.1 Å². The molecule has 110 valence electrons. The molecule has 1 saturated carbocycles. The number of esters is 1. The first kappa shape index (κ1) is 15.4. The molecule has 1 N–H and O–H groups in total. The zero-order valence-electron chi connectivity index (χ0n) is 12.0. The summed E-state index contributed by atoms with van der Waals surface area (Å²) in [5.74, 6) is -0.137. The third-order valence-corrected chi connectivity index (χ3v) is 4.54. The lowest BCUT2D eigenvalue weighted by atomic mass is 9.83. The first-order valence-electron chi connectivity index (χ1n) is 7.28. The van der Waals surface area contributed by atoms with Gasteiger partial charge in [0.25, 0.3) is 0 Å². The van der Waals surface area contributed by atoms with E-state index < -0.39 is 5.54 Å². The lowest BCUT2D eigenvalue weighted by Crippen LogP contribution is -2.47. The molecule has 0 unspecified atom stereocenters. The molecule has 1 fully saturated rings. The number of carbonyl (C=O) groups excluding carboxylic acids is 1. The zero-order valence-corrected chi connectivity index (χ0v) is 13.5. The quantitative estimate of drug-likeness (QED) is 0.823. The van der Waals surface area contributed by atoms with E-state index in [0.717, 1.165) is 35.8 Å². The van der Waals surface area contributed by atoms with Gasteiger partial charge < -0.3 is 10.1 Å². The van der Waals surface area contributed by atoms with Crippen molar-refractivity contribution < 1.29 is 9.53 Å². The number of ether oxygens (including phenoxy) is 1. The molecule has 20 heavy (non-hydrogen) atoms. The van der Waals surface area contributed by atoms with Crippen molar-refractivity contribution in [2.75, 3.05) is 12.4 Å². The summed E-state index contributed by atoms with van der Waals surface area (Å²) >= 11 is 3.43. The van der Waals surface area contributed by atoms with Crippen LogP contribution in [0.25, 0.3) is 0 Å². The molecule has 0 heterocycles. The third kappa shape index (κ3) is 3.75. The van der Waals surface area contributed by atoms with E-state index in [9.17, 15) is 4.79 Å². The first-order valence-corrected chi connectivity index (χ1v) is 8.08. The number of anilines is 1. The van der Waals surface area contributed by atoms with E-state index in [1.807, 2.05) is 24.3 Å². The molecule has 0 saturated heterocycles. The normalized spacial score (nSPS) is 18.7. The lowest BCUT2D eigenvalue weighted by molar-refractivity contribution is -0.146. The first-order chi connectivity index (χ1) is 9.66. The van der Waals surface area contributed by atoms with E-state index in [1.165, 1.54) is 26.4 Å². The van der Waals surface area contributed by atoms with Gasteiger partial charge in [-0.2, -0.15) is 0 Å². The molecule has 1 aliphatic carbocycles. The number of rotatable bonds is 3. The summed E-state index contributed by atoms with van der Waals surface area (Å²) in [5.41, 5.74) is 0.405. The van der Waals surface area contributed by atoms with Gasteiger partial charge >= 0.3 is 5.97 Å². The highest BCUT2D eigenvalue weighted by Gasteiger charge is 2.39. The maximum absolute atomic E-state index is 12.3. The maximum Gasteiger partial charge on any atom is 0.331 e. The van der Waals surface area contributed by atoms with Crippen LogP contribution in [0.3, 0.4) is 0 Å². The van der Waals surface area contributed by atoms with E-state index in [2.05, 4.69) is 21.2 Å². The number of methoxy groups -OCH3 is 1. The largest absolute Gasteiger partial charge is 0.467 e. The summed E-state index contributed by atoms with van der Waals surface area (Å²) in [5, 5.41) is 3.44. The fraction of sp³-hybridized carbons (Fsp3) is 0.562. The monoisotopic (exact) mass is 339 g/mol. The average molecular weight is 340 g/mol. The molecular formula is C16H22BrNO2. The third-order valence-electron chi connectivity index (χ3n) is 4.01. The van der Waals surface area contributed by atoms with Gasteiger partial charge in [0.1, 0.15) is 5.54 Å². The molecule has 0 aromatic heterocycles. The second-order valence-electron chi connectivity index (χ2n) is 5.47. The number of benzene rings is 1. The fourth-order valence-corrected chi connectivity index (χ4v) is 3.16. The van der Waals surface area contributed by atoms with Crippen LogP contribution in [-0.4, -0.2) is 18.6 Å². The van der Waals surface area contributed by atoms with Crippen LogP contribution in [0.5, 0.6) is 0 Å². The second kappa shape index (κ2) is 7.11. The average Bonchev–Trinajstić information content (AvgIpc) is 2.43. The Bertz CT molecular complexity index is 436. The zero-order chi connectivity index (χ0) is 14.4.